The summed E-state index contributed by atoms with van der Waals surface area (Å²) in [6, 6.07) is 14.6. The Kier molecular flexibility index (Phi) is 2.00. The van der Waals surface area contributed by atoms with E-state index in [1.165, 1.54) is 15.0 Å². The maximum absolute atomic E-state index is 4.01. The van der Waals surface area contributed by atoms with Gasteiger partial charge in [-0.15, -0.1) is 11.3 Å². The van der Waals surface area contributed by atoms with Gasteiger partial charge in [0, 0.05) is 21.3 Å². The van der Waals surface area contributed by atoms with E-state index in [0.717, 1.165) is 5.56 Å². The number of rotatable bonds is 1. The van der Waals surface area contributed by atoms with E-state index < -0.39 is 0 Å². The number of benzene rings is 1. The SMILES string of the molecule is [c]1ncccc1-c1cc2ccccc2s1. The normalized spacial score (nSPS) is 10.7. The molecule has 1 radical (unpaired) electrons. The second-order valence-electron chi connectivity index (χ2n) is 3.31. The minimum atomic E-state index is 1.07. The van der Waals surface area contributed by atoms with Crippen molar-refractivity contribution >= 4 is 21.4 Å². The van der Waals surface area contributed by atoms with Crippen LogP contribution in [0.1, 0.15) is 0 Å². The van der Waals surface area contributed by atoms with Crippen LogP contribution >= 0.6 is 11.3 Å². The van der Waals surface area contributed by atoms with Crippen molar-refractivity contribution in [1.82, 2.24) is 4.98 Å². The lowest BCUT2D eigenvalue weighted by atomic mass is 10.2. The average molecular weight is 210 g/mol. The molecule has 0 fully saturated rings. The van der Waals surface area contributed by atoms with Crippen molar-refractivity contribution in [2.75, 3.05) is 0 Å². The monoisotopic (exact) mass is 210 g/mol. The van der Waals surface area contributed by atoms with Crippen LogP contribution < -0.4 is 0 Å². The lowest BCUT2D eigenvalue weighted by Crippen LogP contribution is -1.73. The molecule has 0 N–H and O–H groups in total. The summed E-state index contributed by atoms with van der Waals surface area (Å²) in [5, 5.41) is 1.29. The van der Waals surface area contributed by atoms with E-state index in [-0.39, 0.29) is 0 Å². The van der Waals surface area contributed by atoms with Crippen LogP contribution in [0.5, 0.6) is 0 Å². The summed E-state index contributed by atoms with van der Waals surface area (Å²) in [5.74, 6) is 0. The molecule has 0 saturated heterocycles. The van der Waals surface area contributed by atoms with Crippen molar-refractivity contribution in [3.05, 3.63) is 54.9 Å². The number of fused-ring (bicyclic) bond motifs is 1. The highest BCUT2D eigenvalue weighted by Gasteiger charge is 2.03. The van der Waals surface area contributed by atoms with Gasteiger partial charge in [-0.1, -0.05) is 18.2 Å². The number of aromatic nitrogens is 1. The van der Waals surface area contributed by atoms with E-state index in [1.807, 2.05) is 12.1 Å². The van der Waals surface area contributed by atoms with Gasteiger partial charge in [0.05, 0.1) is 6.20 Å². The predicted octanol–water partition coefficient (Wildman–Crippen LogP) is 3.76. The summed E-state index contributed by atoms with van der Waals surface area (Å²) in [6.45, 7) is 0. The molecule has 0 atom stereocenters. The minimum absolute atomic E-state index is 1.07. The molecule has 0 amide bonds. The zero-order valence-electron chi connectivity index (χ0n) is 7.97. The van der Waals surface area contributed by atoms with Gasteiger partial charge in [-0.3, -0.25) is 4.98 Å². The molecule has 2 heteroatoms. The maximum Gasteiger partial charge on any atom is 0.0979 e. The number of nitrogens with zero attached hydrogens (tertiary/aromatic N) is 1. The molecule has 0 bridgehead atoms. The smallest absolute Gasteiger partial charge is 0.0979 e. The van der Waals surface area contributed by atoms with E-state index >= 15 is 0 Å². The third-order valence-corrected chi connectivity index (χ3v) is 3.45. The van der Waals surface area contributed by atoms with Crippen LogP contribution in [0.25, 0.3) is 20.5 Å². The van der Waals surface area contributed by atoms with Crippen molar-refractivity contribution < 1.29 is 0 Å². The van der Waals surface area contributed by atoms with Gasteiger partial charge in [0.1, 0.15) is 0 Å². The van der Waals surface area contributed by atoms with Crippen molar-refractivity contribution in [3.8, 4) is 10.4 Å². The number of thiophene rings is 1. The molecule has 1 nitrogen and oxygen atoms in total. The Morgan fingerprint density at radius 2 is 2.00 bits per heavy atom. The van der Waals surface area contributed by atoms with Crippen LogP contribution in [-0.2, 0) is 0 Å². The molecule has 1 aromatic carbocycles. The molecule has 0 aliphatic heterocycles. The molecule has 0 aliphatic carbocycles. The van der Waals surface area contributed by atoms with Crippen LogP contribution in [0, 0.1) is 6.20 Å². The highest BCUT2D eigenvalue weighted by molar-refractivity contribution is 7.22. The largest absolute Gasteiger partial charge is 0.254 e. The fourth-order valence-electron chi connectivity index (χ4n) is 1.58. The first kappa shape index (κ1) is 8.62. The summed E-state index contributed by atoms with van der Waals surface area (Å²) in [7, 11) is 0. The molecular weight excluding hydrogens is 202 g/mol. The van der Waals surface area contributed by atoms with Crippen LogP contribution in [0.4, 0.5) is 0 Å². The van der Waals surface area contributed by atoms with E-state index in [4.69, 9.17) is 0 Å². The maximum atomic E-state index is 4.01. The molecule has 0 spiro atoms. The molecule has 0 aliphatic rings. The highest BCUT2D eigenvalue weighted by atomic mass is 32.1. The Morgan fingerprint density at radius 1 is 1.07 bits per heavy atom. The Hall–Kier alpha value is -1.67. The third kappa shape index (κ3) is 1.53. The van der Waals surface area contributed by atoms with E-state index in [9.17, 15) is 0 Å². The third-order valence-electron chi connectivity index (χ3n) is 2.30. The van der Waals surface area contributed by atoms with Gasteiger partial charge in [0.2, 0.25) is 0 Å². The van der Waals surface area contributed by atoms with Crippen molar-refractivity contribution in [2.45, 2.75) is 0 Å². The summed E-state index contributed by atoms with van der Waals surface area (Å²) >= 11 is 1.78. The molecule has 2 heterocycles. The van der Waals surface area contributed by atoms with Gasteiger partial charge in [0.15, 0.2) is 0 Å². The molecule has 3 aromatic rings. The fourth-order valence-corrected chi connectivity index (χ4v) is 2.62. The van der Waals surface area contributed by atoms with Gasteiger partial charge in [-0.05, 0) is 29.7 Å². The first-order valence-electron chi connectivity index (χ1n) is 4.75. The van der Waals surface area contributed by atoms with Gasteiger partial charge < -0.3 is 0 Å². The van der Waals surface area contributed by atoms with E-state index in [0.29, 0.717) is 0 Å². The van der Waals surface area contributed by atoms with E-state index in [1.54, 1.807) is 17.5 Å². The zero-order valence-corrected chi connectivity index (χ0v) is 8.79. The summed E-state index contributed by atoms with van der Waals surface area (Å²) in [6.07, 6.45) is 4.75. The number of pyridine rings is 1. The minimum Gasteiger partial charge on any atom is -0.254 e. The Labute approximate surface area is 92.0 Å². The standard InChI is InChI=1S/C13H8NS/c1-2-6-12-10(4-1)8-13(15-12)11-5-3-7-14-9-11/h1-8H. The predicted molar refractivity (Wildman–Crippen MR) is 63.9 cm³/mol. The Balaban J connectivity index is 2.21. The zero-order chi connectivity index (χ0) is 10.1. The van der Waals surface area contributed by atoms with Crippen LogP contribution in [0.15, 0.2) is 48.7 Å². The number of hydrogen-bond acceptors (Lipinski definition) is 2. The van der Waals surface area contributed by atoms with Gasteiger partial charge in [-0.2, -0.15) is 0 Å². The summed E-state index contributed by atoms with van der Waals surface area (Å²) in [4.78, 5) is 5.24. The van der Waals surface area contributed by atoms with Gasteiger partial charge in [-0.25, -0.2) is 0 Å². The van der Waals surface area contributed by atoms with E-state index in [2.05, 4.69) is 41.5 Å². The van der Waals surface area contributed by atoms with Crippen molar-refractivity contribution in [2.24, 2.45) is 0 Å². The highest BCUT2D eigenvalue weighted by Crippen LogP contribution is 2.32. The Bertz CT molecular complexity index is 551. The van der Waals surface area contributed by atoms with Crippen LogP contribution in [0.2, 0.25) is 0 Å². The molecule has 0 saturated carbocycles. The van der Waals surface area contributed by atoms with Gasteiger partial charge in [0.25, 0.3) is 0 Å². The number of hydrogen-bond donors (Lipinski definition) is 0. The first-order valence-corrected chi connectivity index (χ1v) is 5.57. The molecular formula is C13H8NS. The summed E-state index contributed by atoms with van der Waals surface area (Å²) < 4.78 is 1.31. The molecule has 0 unspecified atom stereocenters. The van der Waals surface area contributed by atoms with Gasteiger partial charge >= 0.3 is 0 Å². The summed E-state index contributed by atoms with van der Waals surface area (Å²) in [5.41, 5.74) is 1.07. The second kappa shape index (κ2) is 3.48. The molecule has 71 valence electrons. The fraction of sp³-hybridized carbons (Fsp3) is 0. The molecule has 2 aromatic heterocycles. The van der Waals surface area contributed by atoms with Crippen LogP contribution in [-0.4, -0.2) is 4.98 Å². The van der Waals surface area contributed by atoms with Crippen LogP contribution in [0.3, 0.4) is 0 Å². The first-order chi connectivity index (χ1) is 7.43. The lowest BCUT2D eigenvalue weighted by Gasteiger charge is -1.91. The molecule has 15 heavy (non-hydrogen) atoms. The molecule has 3 rings (SSSR count). The quantitative estimate of drug-likeness (QED) is 0.596. The topological polar surface area (TPSA) is 12.9 Å². The second-order valence-corrected chi connectivity index (χ2v) is 4.40. The van der Waals surface area contributed by atoms with Crippen molar-refractivity contribution in [3.63, 3.8) is 0 Å². The lowest BCUT2D eigenvalue weighted by molar-refractivity contribution is 1.32. The average Bonchev–Trinajstić information content (AvgIpc) is 2.74. The Morgan fingerprint density at radius 3 is 2.80 bits per heavy atom. The van der Waals surface area contributed by atoms with Crippen molar-refractivity contribution in [1.29, 1.82) is 0 Å².